The zero-order chi connectivity index (χ0) is 15.8. The SMILES string of the molecule is COc1ccc(-c2onc(C(C)=O)c2C)c(C(F)(F)F)c1. The first-order chi connectivity index (χ1) is 9.75. The molecule has 1 aromatic carbocycles. The van der Waals surface area contributed by atoms with Crippen LogP contribution in [0.4, 0.5) is 13.2 Å². The lowest BCUT2D eigenvalue weighted by Gasteiger charge is -2.13. The van der Waals surface area contributed by atoms with Crippen LogP contribution in [0, 0.1) is 6.92 Å². The number of carbonyl (C=O) groups excluding carboxylic acids is 1. The molecule has 0 spiro atoms. The highest BCUT2D eigenvalue weighted by atomic mass is 19.4. The lowest BCUT2D eigenvalue weighted by atomic mass is 10.0. The second-order valence-electron chi connectivity index (χ2n) is 4.45. The summed E-state index contributed by atoms with van der Waals surface area (Å²) in [4.78, 5) is 11.3. The number of carbonyl (C=O) groups is 1. The van der Waals surface area contributed by atoms with E-state index in [1.54, 1.807) is 0 Å². The maximum absolute atomic E-state index is 13.2. The van der Waals surface area contributed by atoms with Crippen molar-refractivity contribution in [1.82, 2.24) is 5.16 Å². The van der Waals surface area contributed by atoms with Gasteiger partial charge in [-0.2, -0.15) is 13.2 Å². The molecule has 2 rings (SSSR count). The van der Waals surface area contributed by atoms with Crippen LogP contribution in [-0.4, -0.2) is 18.0 Å². The minimum Gasteiger partial charge on any atom is -0.497 e. The summed E-state index contributed by atoms with van der Waals surface area (Å²) in [5, 5.41) is 3.53. The first kappa shape index (κ1) is 15.1. The molecule has 2 aromatic rings. The highest BCUT2D eigenvalue weighted by molar-refractivity contribution is 5.95. The molecule has 0 N–H and O–H groups in total. The molecule has 7 heteroatoms. The van der Waals surface area contributed by atoms with Gasteiger partial charge < -0.3 is 9.26 Å². The van der Waals surface area contributed by atoms with Crippen LogP contribution in [0.5, 0.6) is 5.75 Å². The maximum atomic E-state index is 13.2. The molecule has 0 fully saturated rings. The van der Waals surface area contributed by atoms with Gasteiger partial charge in [-0.05, 0) is 25.1 Å². The predicted molar refractivity (Wildman–Crippen MR) is 68.2 cm³/mol. The van der Waals surface area contributed by atoms with Crippen LogP contribution in [0.1, 0.15) is 28.5 Å². The van der Waals surface area contributed by atoms with Crippen molar-refractivity contribution in [3.8, 4) is 17.1 Å². The zero-order valence-electron chi connectivity index (χ0n) is 11.5. The van der Waals surface area contributed by atoms with Crippen molar-refractivity contribution in [2.45, 2.75) is 20.0 Å². The lowest BCUT2D eigenvalue weighted by molar-refractivity contribution is -0.137. The van der Waals surface area contributed by atoms with Gasteiger partial charge in [-0.1, -0.05) is 5.16 Å². The normalized spacial score (nSPS) is 11.5. The fourth-order valence-electron chi connectivity index (χ4n) is 2.00. The summed E-state index contributed by atoms with van der Waals surface area (Å²) in [5.74, 6) is -0.366. The molecular weight excluding hydrogens is 287 g/mol. The topological polar surface area (TPSA) is 52.3 Å². The number of alkyl halides is 3. The van der Waals surface area contributed by atoms with Gasteiger partial charge in [-0.3, -0.25) is 4.79 Å². The van der Waals surface area contributed by atoms with Crippen LogP contribution >= 0.6 is 0 Å². The third kappa shape index (κ3) is 2.76. The number of nitrogens with zero attached hydrogens (tertiary/aromatic N) is 1. The van der Waals surface area contributed by atoms with Crippen molar-refractivity contribution in [3.05, 3.63) is 35.0 Å². The van der Waals surface area contributed by atoms with Gasteiger partial charge in [-0.25, -0.2) is 0 Å². The molecule has 0 saturated carbocycles. The van der Waals surface area contributed by atoms with Gasteiger partial charge in [0.2, 0.25) is 0 Å². The van der Waals surface area contributed by atoms with Gasteiger partial charge in [0.15, 0.2) is 17.2 Å². The van der Waals surface area contributed by atoms with Gasteiger partial charge in [0.1, 0.15) is 5.75 Å². The Kier molecular flexibility index (Phi) is 3.76. The van der Waals surface area contributed by atoms with Crippen molar-refractivity contribution in [2.24, 2.45) is 0 Å². The number of methoxy groups -OCH3 is 1. The largest absolute Gasteiger partial charge is 0.497 e. The molecule has 0 atom stereocenters. The third-order valence-corrected chi connectivity index (χ3v) is 3.03. The predicted octanol–water partition coefficient (Wildman–Crippen LogP) is 3.88. The number of Topliss-reactive ketones (excluding diaryl/α,β-unsaturated/α-hetero) is 1. The molecule has 21 heavy (non-hydrogen) atoms. The smallest absolute Gasteiger partial charge is 0.417 e. The Hall–Kier alpha value is -2.31. The molecule has 112 valence electrons. The average molecular weight is 299 g/mol. The van der Waals surface area contributed by atoms with E-state index in [0.717, 1.165) is 6.07 Å². The van der Waals surface area contributed by atoms with E-state index in [1.807, 2.05) is 0 Å². The van der Waals surface area contributed by atoms with Gasteiger partial charge in [0.05, 0.1) is 12.7 Å². The molecule has 1 aromatic heterocycles. The number of hydrogen-bond donors (Lipinski definition) is 0. The van der Waals surface area contributed by atoms with Gasteiger partial charge in [-0.15, -0.1) is 0 Å². The minimum atomic E-state index is -4.58. The Labute approximate surface area is 118 Å². The molecule has 0 radical (unpaired) electrons. The summed E-state index contributed by atoms with van der Waals surface area (Å²) in [6, 6.07) is 3.50. The lowest BCUT2D eigenvalue weighted by Crippen LogP contribution is -2.07. The van der Waals surface area contributed by atoms with E-state index in [4.69, 9.17) is 9.26 Å². The number of ether oxygens (including phenoxy) is 1. The summed E-state index contributed by atoms with van der Waals surface area (Å²) in [5.41, 5.74) is -0.788. The van der Waals surface area contributed by atoms with Crippen LogP contribution in [-0.2, 0) is 6.18 Å². The Balaban J connectivity index is 2.67. The molecule has 0 unspecified atom stereocenters. The van der Waals surface area contributed by atoms with E-state index >= 15 is 0 Å². The molecule has 4 nitrogen and oxygen atoms in total. The average Bonchev–Trinajstić information content (AvgIpc) is 2.79. The number of halogens is 3. The second kappa shape index (κ2) is 5.23. The van der Waals surface area contributed by atoms with Crippen molar-refractivity contribution in [3.63, 3.8) is 0 Å². The number of hydrogen-bond acceptors (Lipinski definition) is 4. The molecule has 0 bridgehead atoms. The van der Waals surface area contributed by atoms with E-state index in [0.29, 0.717) is 0 Å². The van der Waals surface area contributed by atoms with Crippen molar-refractivity contribution < 1.29 is 27.2 Å². The van der Waals surface area contributed by atoms with Crippen molar-refractivity contribution >= 4 is 5.78 Å². The number of ketones is 1. The van der Waals surface area contributed by atoms with Gasteiger partial charge >= 0.3 is 6.18 Å². The summed E-state index contributed by atoms with van der Waals surface area (Å²) in [7, 11) is 1.28. The Morgan fingerprint density at radius 3 is 2.48 bits per heavy atom. The van der Waals surface area contributed by atoms with Crippen molar-refractivity contribution in [2.75, 3.05) is 7.11 Å². The Morgan fingerprint density at radius 1 is 1.33 bits per heavy atom. The standard InChI is InChI=1S/C14H12F3NO3/c1-7-12(8(2)19)18-21-13(7)10-5-4-9(20-3)6-11(10)14(15,16)17/h4-6H,1-3H3. The highest BCUT2D eigenvalue weighted by Gasteiger charge is 2.36. The molecule has 0 saturated heterocycles. The summed E-state index contributed by atoms with van der Waals surface area (Å²) < 4.78 is 49.2. The van der Waals surface area contributed by atoms with Crippen LogP contribution in [0.25, 0.3) is 11.3 Å². The fraction of sp³-hybridized carbons (Fsp3) is 0.286. The fourth-order valence-corrected chi connectivity index (χ4v) is 2.00. The van der Waals surface area contributed by atoms with Gasteiger partial charge in [0.25, 0.3) is 0 Å². The van der Waals surface area contributed by atoms with E-state index in [1.165, 1.54) is 33.1 Å². The van der Waals surface area contributed by atoms with E-state index < -0.39 is 11.7 Å². The third-order valence-electron chi connectivity index (χ3n) is 3.03. The Bertz CT molecular complexity index is 689. The molecule has 0 amide bonds. The van der Waals surface area contributed by atoms with E-state index in [-0.39, 0.29) is 34.1 Å². The number of benzene rings is 1. The van der Waals surface area contributed by atoms with Crippen LogP contribution in [0.2, 0.25) is 0 Å². The zero-order valence-corrected chi connectivity index (χ0v) is 11.5. The maximum Gasteiger partial charge on any atom is 0.417 e. The van der Waals surface area contributed by atoms with Crippen molar-refractivity contribution in [1.29, 1.82) is 0 Å². The highest BCUT2D eigenvalue weighted by Crippen LogP contribution is 2.40. The Morgan fingerprint density at radius 2 is 2.00 bits per heavy atom. The first-order valence-electron chi connectivity index (χ1n) is 5.98. The van der Waals surface area contributed by atoms with E-state index in [9.17, 15) is 18.0 Å². The summed E-state index contributed by atoms with van der Waals surface area (Å²) in [6.07, 6.45) is -4.58. The summed E-state index contributed by atoms with van der Waals surface area (Å²) in [6.45, 7) is 2.76. The number of aromatic nitrogens is 1. The number of rotatable bonds is 3. The van der Waals surface area contributed by atoms with Crippen LogP contribution in [0.3, 0.4) is 0 Å². The molecule has 1 heterocycles. The monoisotopic (exact) mass is 299 g/mol. The van der Waals surface area contributed by atoms with Crippen LogP contribution < -0.4 is 4.74 Å². The molecular formula is C14H12F3NO3. The summed E-state index contributed by atoms with van der Waals surface area (Å²) >= 11 is 0. The second-order valence-corrected chi connectivity index (χ2v) is 4.45. The molecule has 0 aliphatic rings. The minimum absolute atomic E-state index is 0.0222. The van der Waals surface area contributed by atoms with Crippen LogP contribution in [0.15, 0.2) is 22.7 Å². The molecule has 0 aliphatic heterocycles. The van der Waals surface area contributed by atoms with E-state index in [2.05, 4.69) is 5.16 Å². The molecule has 0 aliphatic carbocycles. The quantitative estimate of drug-likeness (QED) is 0.807. The van der Waals surface area contributed by atoms with Gasteiger partial charge in [0, 0.05) is 18.1 Å². The first-order valence-corrected chi connectivity index (χ1v) is 5.98.